The summed E-state index contributed by atoms with van der Waals surface area (Å²) in [7, 11) is -3.98. The fourth-order valence-electron chi connectivity index (χ4n) is 2.01. The summed E-state index contributed by atoms with van der Waals surface area (Å²) in [6, 6.07) is 10.3. The first kappa shape index (κ1) is 13.9. The summed E-state index contributed by atoms with van der Waals surface area (Å²) in [5, 5.41) is 2.38. The zero-order chi connectivity index (χ0) is 15.7. The number of hydrogen-bond acceptors (Lipinski definition) is 4. The third-order valence-electron chi connectivity index (χ3n) is 2.94. The second-order valence-corrected chi connectivity index (χ2v) is 6.02. The first-order valence-electron chi connectivity index (χ1n) is 6.12. The Morgan fingerprint density at radius 1 is 1.09 bits per heavy atom. The van der Waals surface area contributed by atoms with Crippen LogP contribution in [0.25, 0.3) is 4.85 Å². The summed E-state index contributed by atoms with van der Waals surface area (Å²) in [4.78, 5) is 14.7. The van der Waals surface area contributed by atoms with Gasteiger partial charge in [-0.1, -0.05) is 24.3 Å². The lowest BCUT2D eigenvalue weighted by molar-refractivity contribution is 0.256. The number of urea groups is 1. The van der Waals surface area contributed by atoms with Crippen molar-refractivity contribution in [3.8, 4) is 11.5 Å². The highest BCUT2D eigenvalue weighted by Gasteiger charge is 2.31. The van der Waals surface area contributed by atoms with Crippen molar-refractivity contribution >= 4 is 27.4 Å². The van der Waals surface area contributed by atoms with Crippen LogP contribution in [0.5, 0.6) is 11.5 Å². The van der Waals surface area contributed by atoms with E-state index < -0.39 is 16.1 Å². The average Bonchev–Trinajstić information content (AvgIpc) is 2.48. The van der Waals surface area contributed by atoms with E-state index in [0.717, 1.165) is 0 Å². The zero-order valence-electron chi connectivity index (χ0n) is 11.0. The summed E-state index contributed by atoms with van der Waals surface area (Å²) in [6.07, 6.45) is 0. The first-order valence-corrected chi connectivity index (χ1v) is 7.61. The Labute approximate surface area is 126 Å². The second kappa shape index (κ2) is 5.05. The molecule has 1 aliphatic rings. The molecule has 0 radical (unpaired) electrons. The van der Waals surface area contributed by atoms with Gasteiger partial charge in [-0.15, -0.1) is 0 Å². The molecular weight excluding hydrogens is 306 g/mol. The molecule has 0 saturated heterocycles. The number of fused-ring (bicyclic) bond motifs is 1. The lowest BCUT2D eigenvalue weighted by Crippen LogP contribution is -2.39. The maximum absolute atomic E-state index is 12.0. The summed E-state index contributed by atoms with van der Waals surface area (Å²) in [5.74, 6) is 0.420. The number of amides is 2. The summed E-state index contributed by atoms with van der Waals surface area (Å²) in [6.45, 7) is 7.18. The average molecular weight is 315 g/mol. The summed E-state index contributed by atoms with van der Waals surface area (Å²) < 4.78 is 31.4. The Hall–Kier alpha value is -3.05. The SMILES string of the molecule is [C-]#[N+]c1ccc2c(c1Oc1ccccc1)NC(=O)NS2(=O)=O. The van der Waals surface area contributed by atoms with Crippen molar-refractivity contribution in [2.45, 2.75) is 4.90 Å². The van der Waals surface area contributed by atoms with Gasteiger partial charge in [0.15, 0.2) is 5.75 Å². The largest absolute Gasteiger partial charge is 0.466 e. The summed E-state index contributed by atoms with van der Waals surface area (Å²) >= 11 is 0. The molecule has 8 heteroatoms. The number of hydrogen-bond donors (Lipinski definition) is 2. The molecule has 0 unspecified atom stereocenters. The van der Waals surface area contributed by atoms with E-state index in [4.69, 9.17) is 11.3 Å². The number of anilines is 1. The van der Waals surface area contributed by atoms with Crippen LogP contribution in [0.3, 0.4) is 0 Å². The maximum atomic E-state index is 12.0. The molecule has 2 amide bonds. The van der Waals surface area contributed by atoms with Gasteiger partial charge in [-0.2, -0.15) is 0 Å². The fraction of sp³-hybridized carbons (Fsp3) is 0. The molecular formula is C14H9N3O4S. The Kier molecular flexibility index (Phi) is 3.19. The van der Waals surface area contributed by atoms with Gasteiger partial charge in [0, 0.05) is 0 Å². The van der Waals surface area contributed by atoms with Crippen LogP contribution in [0.4, 0.5) is 16.2 Å². The van der Waals surface area contributed by atoms with Crippen molar-refractivity contribution in [1.29, 1.82) is 0 Å². The number of ether oxygens (including phenoxy) is 1. The lowest BCUT2D eigenvalue weighted by Gasteiger charge is -2.22. The minimum absolute atomic E-state index is 0.00266. The highest BCUT2D eigenvalue weighted by atomic mass is 32.2. The quantitative estimate of drug-likeness (QED) is 0.834. The molecule has 7 nitrogen and oxygen atoms in total. The fourth-order valence-corrected chi connectivity index (χ4v) is 3.07. The molecule has 2 aromatic rings. The van der Waals surface area contributed by atoms with Gasteiger partial charge in [-0.05, 0) is 18.2 Å². The predicted octanol–water partition coefficient (Wildman–Crippen LogP) is 2.85. The van der Waals surface area contributed by atoms with E-state index in [-0.39, 0.29) is 22.0 Å². The highest BCUT2D eigenvalue weighted by molar-refractivity contribution is 7.90. The Bertz CT molecular complexity index is 902. The Morgan fingerprint density at radius 3 is 2.50 bits per heavy atom. The van der Waals surface area contributed by atoms with E-state index in [1.807, 2.05) is 4.72 Å². The van der Waals surface area contributed by atoms with Gasteiger partial charge in [-0.3, -0.25) is 0 Å². The molecule has 3 rings (SSSR count). The van der Waals surface area contributed by atoms with Crippen LogP contribution >= 0.6 is 0 Å². The molecule has 0 atom stereocenters. The van der Waals surface area contributed by atoms with Crippen LogP contribution in [-0.2, 0) is 10.0 Å². The highest BCUT2D eigenvalue weighted by Crippen LogP contribution is 2.43. The number of rotatable bonds is 2. The van der Waals surface area contributed by atoms with Crippen molar-refractivity contribution < 1.29 is 17.9 Å². The lowest BCUT2D eigenvalue weighted by atomic mass is 10.2. The molecule has 0 aliphatic carbocycles. The molecule has 0 saturated carbocycles. The molecule has 1 heterocycles. The molecule has 0 bridgehead atoms. The van der Waals surface area contributed by atoms with Crippen LogP contribution in [0.15, 0.2) is 47.4 Å². The van der Waals surface area contributed by atoms with Gasteiger partial charge >= 0.3 is 6.03 Å². The second-order valence-electron chi connectivity index (χ2n) is 4.37. The Balaban J connectivity index is 2.21. The van der Waals surface area contributed by atoms with Crippen molar-refractivity contribution in [2.24, 2.45) is 0 Å². The number of nitrogens with zero attached hydrogens (tertiary/aromatic N) is 1. The van der Waals surface area contributed by atoms with E-state index >= 15 is 0 Å². The van der Waals surface area contributed by atoms with Gasteiger partial charge < -0.3 is 10.1 Å². The van der Waals surface area contributed by atoms with Crippen LogP contribution in [0, 0.1) is 6.57 Å². The van der Waals surface area contributed by atoms with Crippen molar-refractivity contribution in [3.05, 3.63) is 53.9 Å². The van der Waals surface area contributed by atoms with Crippen LogP contribution in [0.2, 0.25) is 0 Å². The summed E-state index contributed by atoms with van der Waals surface area (Å²) in [5.41, 5.74) is 0.0566. The normalized spacial score (nSPS) is 15.0. The van der Waals surface area contributed by atoms with Crippen molar-refractivity contribution in [2.75, 3.05) is 5.32 Å². The molecule has 2 aromatic carbocycles. The number of benzene rings is 2. The van der Waals surface area contributed by atoms with Crippen LogP contribution in [0.1, 0.15) is 0 Å². The van der Waals surface area contributed by atoms with E-state index in [9.17, 15) is 13.2 Å². The number of para-hydroxylation sites is 1. The van der Waals surface area contributed by atoms with Gasteiger partial charge in [0.2, 0.25) is 5.69 Å². The topological polar surface area (TPSA) is 88.9 Å². The molecule has 0 spiro atoms. The van der Waals surface area contributed by atoms with Crippen LogP contribution < -0.4 is 14.8 Å². The molecule has 1 aliphatic heterocycles. The number of carbonyl (C=O) groups is 1. The van der Waals surface area contributed by atoms with Gasteiger partial charge in [0.05, 0.1) is 12.3 Å². The third-order valence-corrected chi connectivity index (χ3v) is 4.31. The van der Waals surface area contributed by atoms with Crippen LogP contribution in [-0.4, -0.2) is 14.4 Å². The Morgan fingerprint density at radius 2 is 1.82 bits per heavy atom. The predicted molar refractivity (Wildman–Crippen MR) is 78.6 cm³/mol. The smallest absolute Gasteiger partial charge is 0.333 e. The monoisotopic (exact) mass is 315 g/mol. The maximum Gasteiger partial charge on any atom is 0.333 e. The number of carbonyl (C=O) groups excluding carboxylic acids is 1. The van der Waals surface area contributed by atoms with E-state index in [1.54, 1.807) is 30.3 Å². The third kappa shape index (κ3) is 2.34. The standard InChI is InChI=1S/C14H9N3O4S/c1-15-10-7-8-11-12(16-14(18)17-22(11,19)20)13(10)21-9-5-3-2-4-6-9/h2-8H,(H2,16,17,18). The zero-order valence-corrected chi connectivity index (χ0v) is 11.8. The minimum atomic E-state index is -3.98. The molecule has 0 fully saturated rings. The molecule has 110 valence electrons. The molecule has 22 heavy (non-hydrogen) atoms. The van der Waals surface area contributed by atoms with Crippen molar-refractivity contribution in [3.63, 3.8) is 0 Å². The number of nitrogens with one attached hydrogen (secondary N) is 2. The van der Waals surface area contributed by atoms with Gasteiger partial charge in [-0.25, -0.2) is 22.8 Å². The van der Waals surface area contributed by atoms with Gasteiger partial charge in [0.1, 0.15) is 10.6 Å². The van der Waals surface area contributed by atoms with E-state index in [0.29, 0.717) is 5.75 Å². The minimum Gasteiger partial charge on any atom is -0.466 e. The number of sulfonamides is 1. The first-order chi connectivity index (χ1) is 10.5. The molecule has 0 aromatic heterocycles. The van der Waals surface area contributed by atoms with E-state index in [2.05, 4.69) is 10.2 Å². The van der Waals surface area contributed by atoms with Crippen molar-refractivity contribution in [1.82, 2.24) is 4.72 Å². The van der Waals surface area contributed by atoms with Gasteiger partial charge in [0.25, 0.3) is 10.0 Å². The molecule has 2 N–H and O–H groups in total. The van der Waals surface area contributed by atoms with E-state index in [1.165, 1.54) is 12.1 Å².